The number of carboxylic acid groups (broad SMARTS) is 1. The van der Waals surface area contributed by atoms with Crippen LogP contribution in [-0.2, 0) is 9.53 Å². The Kier molecular flexibility index (Phi) is 16.5. The molecule has 4 N–H and O–H groups in total. The SMILES string of the molecule is C/C=C(/F)c1sc(N)c(C#N)c1/C(C1=C(Cl)C2N=C(N3CCCC3)NC=C2C2=C1COC2)=C(\C)CC.CC.CCCC(C)C.O=CO. The number of nitrogens with zero attached hydrogens (tertiary/aromatic N) is 3. The molecule has 0 spiro atoms. The van der Waals surface area contributed by atoms with Crippen molar-refractivity contribution in [3.05, 3.63) is 61.2 Å². The van der Waals surface area contributed by atoms with Crippen LogP contribution < -0.4 is 11.1 Å². The number of anilines is 1. The number of likely N-dealkylation sites (tertiary alicyclic amines) is 1. The second kappa shape index (κ2) is 19.4. The van der Waals surface area contributed by atoms with Crippen LogP contribution in [0.1, 0.15) is 103 Å². The first-order chi connectivity index (χ1) is 22.6. The van der Waals surface area contributed by atoms with E-state index in [1.54, 1.807) is 6.92 Å². The van der Waals surface area contributed by atoms with Gasteiger partial charge in [-0.1, -0.05) is 77.6 Å². The van der Waals surface area contributed by atoms with Gasteiger partial charge in [-0.05, 0) is 55.7 Å². The topological polar surface area (TPSA) is 124 Å². The van der Waals surface area contributed by atoms with Gasteiger partial charge in [0, 0.05) is 36.0 Å². The number of ether oxygens (including phenoxy) is 1. The predicted octanol–water partition coefficient (Wildman–Crippen LogP) is 9.03. The summed E-state index contributed by atoms with van der Waals surface area (Å²) in [4.78, 5) is 16.0. The number of thiophene rings is 1. The number of aliphatic imine (C=N–C) groups is 1. The third-order valence-electron chi connectivity index (χ3n) is 8.14. The zero-order valence-corrected chi connectivity index (χ0v) is 30.7. The third-order valence-corrected chi connectivity index (χ3v) is 9.56. The maximum absolute atomic E-state index is 15.2. The third kappa shape index (κ3) is 9.16. The molecule has 0 aromatic carbocycles. The van der Waals surface area contributed by atoms with Crippen molar-refractivity contribution in [3.63, 3.8) is 0 Å². The lowest BCUT2D eigenvalue weighted by molar-refractivity contribution is -0.122. The van der Waals surface area contributed by atoms with Gasteiger partial charge in [-0.25, -0.2) is 9.38 Å². The molecule has 4 aliphatic rings. The minimum Gasteiger partial charge on any atom is -0.483 e. The normalized spacial score (nSPS) is 19.0. The van der Waals surface area contributed by atoms with Crippen molar-refractivity contribution in [1.82, 2.24) is 10.2 Å². The molecule has 1 unspecified atom stereocenters. The van der Waals surface area contributed by atoms with Crippen LogP contribution in [0.2, 0.25) is 0 Å². The number of hydrogen-bond acceptors (Lipinski definition) is 8. The lowest BCUT2D eigenvalue weighted by Gasteiger charge is -2.33. The van der Waals surface area contributed by atoms with Gasteiger partial charge in [0.1, 0.15) is 22.9 Å². The molecule has 11 heteroatoms. The smallest absolute Gasteiger partial charge is 0.290 e. The maximum atomic E-state index is 15.2. The number of hydrogen-bond donors (Lipinski definition) is 3. The van der Waals surface area contributed by atoms with E-state index in [0.717, 1.165) is 82.6 Å². The highest BCUT2D eigenvalue weighted by molar-refractivity contribution is 7.17. The molecule has 47 heavy (non-hydrogen) atoms. The molecule has 0 saturated carbocycles. The zero-order valence-electron chi connectivity index (χ0n) is 29.1. The molecule has 258 valence electrons. The number of fused-ring (bicyclic) bond motifs is 2. The summed E-state index contributed by atoms with van der Waals surface area (Å²) in [6, 6.07) is 1.83. The van der Waals surface area contributed by atoms with E-state index in [-0.39, 0.29) is 12.0 Å². The number of nitrogen functional groups attached to an aromatic ring is 1. The highest BCUT2D eigenvalue weighted by Crippen LogP contribution is 2.51. The van der Waals surface area contributed by atoms with Crippen LogP contribution in [0.3, 0.4) is 0 Å². The fourth-order valence-corrected chi connectivity index (χ4v) is 7.23. The van der Waals surface area contributed by atoms with E-state index >= 15 is 4.39 Å². The van der Waals surface area contributed by atoms with Gasteiger partial charge in [-0.3, -0.25) is 4.79 Å². The summed E-state index contributed by atoms with van der Waals surface area (Å²) in [6.07, 6.45) is 9.07. The first kappa shape index (κ1) is 39.8. The van der Waals surface area contributed by atoms with Crippen molar-refractivity contribution in [3.8, 4) is 6.07 Å². The van der Waals surface area contributed by atoms with Gasteiger partial charge in [-0.2, -0.15) is 5.26 Å². The maximum Gasteiger partial charge on any atom is 0.290 e. The van der Waals surface area contributed by atoms with Crippen molar-refractivity contribution < 1.29 is 19.0 Å². The number of nitriles is 1. The lowest BCUT2D eigenvalue weighted by Crippen LogP contribution is -2.42. The summed E-state index contributed by atoms with van der Waals surface area (Å²) >= 11 is 8.35. The Balaban J connectivity index is 0.000000612. The predicted molar refractivity (Wildman–Crippen MR) is 195 cm³/mol. The number of nitrogens with one attached hydrogen (secondary N) is 1. The Morgan fingerprint density at radius 3 is 2.43 bits per heavy atom. The summed E-state index contributed by atoms with van der Waals surface area (Å²) in [7, 11) is 0. The van der Waals surface area contributed by atoms with Crippen LogP contribution in [0.15, 0.2) is 50.2 Å². The van der Waals surface area contributed by atoms with Gasteiger partial charge in [0.15, 0.2) is 5.96 Å². The molecule has 1 aromatic rings. The van der Waals surface area contributed by atoms with Crippen molar-refractivity contribution in [1.29, 1.82) is 5.26 Å². The molecule has 1 fully saturated rings. The van der Waals surface area contributed by atoms with E-state index in [1.807, 2.05) is 33.9 Å². The average molecular weight is 688 g/mol. The van der Waals surface area contributed by atoms with Crippen molar-refractivity contribution in [2.75, 3.05) is 32.0 Å². The van der Waals surface area contributed by atoms with Gasteiger partial charge in [0.25, 0.3) is 6.47 Å². The molecule has 0 radical (unpaired) electrons. The van der Waals surface area contributed by atoms with E-state index in [0.29, 0.717) is 40.1 Å². The number of halogens is 2. The fourth-order valence-electron chi connectivity index (χ4n) is 5.86. The zero-order chi connectivity index (χ0) is 35.3. The number of rotatable bonds is 6. The van der Waals surface area contributed by atoms with Crippen LogP contribution in [0.25, 0.3) is 11.4 Å². The molecule has 4 heterocycles. The first-order valence-electron chi connectivity index (χ1n) is 16.5. The van der Waals surface area contributed by atoms with Crippen molar-refractivity contribution in [2.24, 2.45) is 10.9 Å². The first-order valence-corrected chi connectivity index (χ1v) is 17.7. The van der Waals surface area contributed by atoms with Gasteiger partial charge in [0.05, 0.1) is 28.7 Å². The molecule has 1 atom stereocenters. The van der Waals surface area contributed by atoms with Crippen LogP contribution in [0, 0.1) is 17.2 Å². The summed E-state index contributed by atoms with van der Waals surface area (Å²) in [5.74, 6) is 1.30. The number of nitrogens with two attached hydrogens (primary N) is 1. The van der Waals surface area contributed by atoms with Crippen LogP contribution in [0.5, 0.6) is 0 Å². The van der Waals surface area contributed by atoms with E-state index in [4.69, 9.17) is 37.0 Å². The molecule has 1 aliphatic carbocycles. The molecule has 0 amide bonds. The molecule has 3 aliphatic heterocycles. The molecule has 0 bridgehead atoms. The van der Waals surface area contributed by atoms with Gasteiger partial charge >= 0.3 is 0 Å². The standard InChI is InChI=1S/C27H29ClFN5OS.C6H14.C2H6.CH2O2/c1-4-14(3)20(22-15(10-30)26(31)36-25(22)19(29)5-2)21-18-13-35-12-17(18)16-11-32-27(33-24(16)23(21)28)34-8-6-7-9-34;1-4-5-6(2)3;1-2;2-1-3/h5,11,24H,4,6-9,12-13,31H2,1-3H3,(H,32,33);6H,4-5H2,1-3H3;1-2H3;1H,(H,2,3)/b19-5+,20-14+;;;. The molecule has 8 nitrogen and oxygen atoms in total. The van der Waals surface area contributed by atoms with Crippen molar-refractivity contribution >= 4 is 51.8 Å². The van der Waals surface area contributed by atoms with E-state index in [9.17, 15) is 5.26 Å². The fraction of sp³-hybridized carbons (Fsp3) is 0.528. The van der Waals surface area contributed by atoms with Crippen molar-refractivity contribution in [2.45, 2.75) is 93.5 Å². The summed E-state index contributed by atoms with van der Waals surface area (Å²) in [6.45, 7) is 18.9. The minimum atomic E-state index is -0.411. The number of allylic oxidation sites excluding steroid dienone is 3. The number of carbonyl (C=O) groups is 1. The quantitative estimate of drug-likeness (QED) is 0.255. The summed E-state index contributed by atoms with van der Waals surface area (Å²) in [5, 5.41) is 21.2. The second-order valence-corrected chi connectivity index (χ2v) is 13.0. The van der Waals surface area contributed by atoms with E-state index < -0.39 is 11.9 Å². The number of guanidine groups is 1. The van der Waals surface area contributed by atoms with E-state index in [2.05, 4.69) is 37.1 Å². The molecule has 1 aromatic heterocycles. The minimum absolute atomic E-state index is 0.250. The van der Waals surface area contributed by atoms with Crippen LogP contribution >= 0.6 is 22.9 Å². The van der Waals surface area contributed by atoms with Gasteiger partial charge in [-0.15, -0.1) is 11.3 Å². The van der Waals surface area contributed by atoms with Crippen LogP contribution in [-0.4, -0.2) is 54.8 Å². The lowest BCUT2D eigenvalue weighted by atomic mass is 9.78. The second-order valence-electron chi connectivity index (χ2n) is 11.6. The Morgan fingerprint density at radius 2 is 1.91 bits per heavy atom. The van der Waals surface area contributed by atoms with Gasteiger partial charge < -0.3 is 25.8 Å². The average Bonchev–Trinajstić information content (AvgIpc) is 3.84. The van der Waals surface area contributed by atoms with E-state index in [1.165, 1.54) is 18.9 Å². The van der Waals surface area contributed by atoms with Gasteiger partial charge in [0.2, 0.25) is 0 Å². The Morgan fingerprint density at radius 1 is 1.30 bits per heavy atom. The Bertz CT molecular complexity index is 1490. The molecular formula is C36H51ClFN5O3S. The monoisotopic (exact) mass is 687 g/mol. The summed E-state index contributed by atoms with van der Waals surface area (Å²) < 4.78 is 21.1. The Hall–Kier alpha value is -3.39. The van der Waals surface area contributed by atoms with Crippen LogP contribution in [0.4, 0.5) is 9.39 Å². The molecule has 1 saturated heterocycles. The molecular weight excluding hydrogens is 637 g/mol. The highest BCUT2D eigenvalue weighted by atomic mass is 35.5. The highest BCUT2D eigenvalue weighted by Gasteiger charge is 2.40. The largest absolute Gasteiger partial charge is 0.483 e. The summed E-state index contributed by atoms with van der Waals surface area (Å²) in [5.41, 5.74) is 12.6. The molecule has 5 rings (SSSR count). The Labute approximate surface area is 289 Å².